The standard InChI is InChI=1S/C7H15NO3/c1-8-4-6-11-7(10)3-2-5-9/h8-9H,2-6H2,1H3. The Labute approximate surface area is 66.5 Å². The smallest absolute Gasteiger partial charge is 0.305 e. The van der Waals surface area contributed by atoms with Gasteiger partial charge in [0.25, 0.3) is 0 Å². The highest BCUT2D eigenvalue weighted by Gasteiger charge is 1.99. The second-order valence-electron chi connectivity index (χ2n) is 2.15. The molecule has 0 atom stereocenters. The van der Waals surface area contributed by atoms with Gasteiger partial charge in [-0.2, -0.15) is 0 Å². The molecule has 0 spiro atoms. The first-order chi connectivity index (χ1) is 5.31. The highest BCUT2D eigenvalue weighted by atomic mass is 16.5. The fraction of sp³-hybridized carbons (Fsp3) is 0.857. The van der Waals surface area contributed by atoms with Crippen LogP contribution in [-0.2, 0) is 9.53 Å². The van der Waals surface area contributed by atoms with Crippen molar-refractivity contribution in [2.24, 2.45) is 0 Å². The summed E-state index contributed by atoms with van der Waals surface area (Å²) < 4.78 is 4.77. The molecule has 0 bridgehead atoms. The largest absolute Gasteiger partial charge is 0.464 e. The van der Waals surface area contributed by atoms with Crippen molar-refractivity contribution in [1.82, 2.24) is 5.32 Å². The first kappa shape index (κ1) is 10.4. The summed E-state index contributed by atoms with van der Waals surface area (Å²) in [6.45, 7) is 1.12. The number of aliphatic hydroxyl groups excluding tert-OH is 1. The number of hydrogen-bond acceptors (Lipinski definition) is 4. The SMILES string of the molecule is CNCCOC(=O)CCCO. The second-order valence-corrected chi connectivity index (χ2v) is 2.15. The number of esters is 1. The van der Waals surface area contributed by atoms with Gasteiger partial charge in [0.1, 0.15) is 6.61 Å². The van der Waals surface area contributed by atoms with Gasteiger partial charge >= 0.3 is 5.97 Å². The predicted octanol–water partition coefficient (Wildman–Crippen LogP) is -0.479. The van der Waals surface area contributed by atoms with Gasteiger partial charge in [0.05, 0.1) is 0 Å². The quantitative estimate of drug-likeness (QED) is 0.408. The predicted molar refractivity (Wildman–Crippen MR) is 41.2 cm³/mol. The molecule has 0 fully saturated rings. The van der Waals surface area contributed by atoms with Gasteiger partial charge in [-0.05, 0) is 13.5 Å². The van der Waals surface area contributed by atoms with Crippen LogP contribution < -0.4 is 5.32 Å². The van der Waals surface area contributed by atoms with E-state index in [0.717, 1.165) is 0 Å². The van der Waals surface area contributed by atoms with Crippen molar-refractivity contribution in [2.75, 3.05) is 26.8 Å². The lowest BCUT2D eigenvalue weighted by molar-refractivity contribution is -0.143. The van der Waals surface area contributed by atoms with E-state index in [1.54, 1.807) is 7.05 Å². The van der Waals surface area contributed by atoms with Gasteiger partial charge in [-0.15, -0.1) is 0 Å². The Morgan fingerprint density at radius 2 is 2.36 bits per heavy atom. The van der Waals surface area contributed by atoms with Gasteiger partial charge in [0.2, 0.25) is 0 Å². The summed E-state index contributed by atoms with van der Waals surface area (Å²) in [5.41, 5.74) is 0. The lowest BCUT2D eigenvalue weighted by Crippen LogP contribution is -2.17. The van der Waals surface area contributed by atoms with E-state index in [-0.39, 0.29) is 12.6 Å². The van der Waals surface area contributed by atoms with Crippen LogP contribution in [0.15, 0.2) is 0 Å². The third kappa shape index (κ3) is 7.29. The number of carbonyl (C=O) groups excluding carboxylic acids is 1. The monoisotopic (exact) mass is 161 g/mol. The lowest BCUT2D eigenvalue weighted by atomic mass is 10.3. The van der Waals surface area contributed by atoms with E-state index in [9.17, 15) is 4.79 Å². The van der Waals surface area contributed by atoms with Gasteiger partial charge in [-0.3, -0.25) is 4.79 Å². The molecule has 0 aromatic carbocycles. The van der Waals surface area contributed by atoms with Crippen molar-refractivity contribution >= 4 is 5.97 Å². The molecule has 0 aliphatic heterocycles. The average molecular weight is 161 g/mol. The zero-order chi connectivity index (χ0) is 8.53. The molecule has 0 unspecified atom stereocenters. The van der Waals surface area contributed by atoms with Gasteiger partial charge in [-0.1, -0.05) is 0 Å². The molecule has 0 heterocycles. The molecule has 0 aliphatic rings. The zero-order valence-corrected chi connectivity index (χ0v) is 6.80. The normalized spacial score (nSPS) is 9.64. The summed E-state index contributed by atoms with van der Waals surface area (Å²) in [7, 11) is 1.79. The molecule has 4 nitrogen and oxygen atoms in total. The Bertz CT molecular complexity index is 106. The van der Waals surface area contributed by atoms with Crippen LogP contribution in [-0.4, -0.2) is 37.9 Å². The third-order valence-electron chi connectivity index (χ3n) is 1.15. The number of rotatable bonds is 6. The molecule has 4 heteroatoms. The van der Waals surface area contributed by atoms with Crippen LogP contribution in [0.25, 0.3) is 0 Å². The van der Waals surface area contributed by atoms with Crippen LogP contribution in [0.3, 0.4) is 0 Å². The van der Waals surface area contributed by atoms with Crippen LogP contribution in [0.2, 0.25) is 0 Å². The van der Waals surface area contributed by atoms with Crippen LogP contribution in [0.5, 0.6) is 0 Å². The number of aliphatic hydroxyl groups is 1. The maximum atomic E-state index is 10.7. The lowest BCUT2D eigenvalue weighted by Gasteiger charge is -2.02. The minimum Gasteiger partial charge on any atom is -0.464 e. The zero-order valence-electron chi connectivity index (χ0n) is 6.80. The van der Waals surface area contributed by atoms with Crippen molar-refractivity contribution < 1.29 is 14.6 Å². The molecule has 0 saturated carbocycles. The summed E-state index contributed by atoms with van der Waals surface area (Å²) >= 11 is 0. The highest BCUT2D eigenvalue weighted by molar-refractivity contribution is 5.69. The van der Waals surface area contributed by atoms with Crippen LogP contribution in [0.4, 0.5) is 0 Å². The molecule has 2 N–H and O–H groups in total. The Kier molecular flexibility index (Phi) is 7.08. The van der Waals surface area contributed by atoms with Crippen molar-refractivity contribution in [2.45, 2.75) is 12.8 Å². The summed E-state index contributed by atoms with van der Waals surface area (Å²) in [5.74, 6) is -0.241. The summed E-state index contributed by atoms with van der Waals surface area (Å²) in [6.07, 6.45) is 0.790. The maximum Gasteiger partial charge on any atom is 0.305 e. The Morgan fingerprint density at radius 1 is 1.64 bits per heavy atom. The van der Waals surface area contributed by atoms with E-state index in [4.69, 9.17) is 9.84 Å². The van der Waals surface area contributed by atoms with Gasteiger partial charge in [0, 0.05) is 19.6 Å². The van der Waals surface area contributed by atoms with Crippen molar-refractivity contribution in [3.05, 3.63) is 0 Å². The molecule has 0 amide bonds. The maximum absolute atomic E-state index is 10.7. The average Bonchev–Trinajstić information content (AvgIpc) is 2.01. The van der Waals surface area contributed by atoms with Crippen molar-refractivity contribution in [1.29, 1.82) is 0 Å². The van der Waals surface area contributed by atoms with Gasteiger partial charge in [0.15, 0.2) is 0 Å². The fourth-order valence-corrected chi connectivity index (χ4v) is 0.562. The second kappa shape index (κ2) is 7.50. The van der Waals surface area contributed by atoms with Gasteiger partial charge in [-0.25, -0.2) is 0 Å². The van der Waals surface area contributed by atoms with Crippen LogP contribution in [0.1, 0.15) is 12.8 Å². The third-order valence-corrected chi connectivity index (χ3v) is 1.15. The summed E-state index contributed by atoms with van der Waals surface area (Å²) in [6, 6.07) is 0. The minimum absolute atomic E-state index is 0.0428. The van der Waals surface area contributed by atoms with E-state index in [1.165, 1.54) is 0 Å². The Balaban J connectivity index is 3.09. The molecular weight excluding hydrogens is 146 g/mol. The molecule has 0 aromatic rings. The Hall–Kier alpha value is -0.610. The topological polar surface area (TPSA) is 58.6 Å². The number of likely N-dealkylation sites (N-methyl/N-ethyl adjacent to an activating group) is 1. The van der Waals surface area contributed by atoms with E-state index >= 15 is 0 Å². The van der Waals surface area contributed by atoms with Crippen molar-refractivity contribution in [3.63, 3.8) is 0 Å². The van der Waals surface area contributed by atoms with E-state index < -0.39 is 0 Å². The molecule has 0 aliphatic carbocycles. The van der Waals surface area contributed by atoms with Crippen LogP contribution >= 0.6 is 0 Å². The molecule has 66 valence electrons. The molecule has 0 rings (SSSR count). The summed E-state index contributed by atoms with van der Waals surface area (Å²) in [4.78, 5) is 10.7. The molecular formula is C7H15NO3. The fourth-order valence-electron chi connectivity index (χ4n) is 0.562. The molecule has 0 aromatic heterocycles. The summed E-state index contributed by atoms with van der Waals surface area (Å²) in [5, 5.41) is 11.2. The van der Waals surface area contributed by atoms with E-state index in [1.807, 2.05) is 0 Å². The number of hydrogen-bond donors (Lipinski definition) is 2. The van der Waals surface area contributed by atoms with E-state index in [0.29, 0.717) is 26.0 Å². The highest BCUT2D eigenvalue weighted by Crippen LogP contribution is 1.90. The Morgan fingerprint density at radius 3 is 2.91 bits per heavy atom. The molecule has 0 saturated heterocycles. The number of carbonyl (C=O) groups is 1. The van der Waals surface area contributed by atoms with Gasteiger partial charge < -0.3 is 15.2 Å². The van der Waals surface area contributed by atoms with Crippen LogP contribution in [0, 0.1) is 0 Å². The minimum atomic E-state index is -0.241. The number of nitrogens with one attached hydrogen (secondary N) is 1. The molecule has 0 radical (unpaired) electrons. The first-order valence-electron chi connectivity index (χ1n) is 3.72. The number of ether oxygens (including phenoxy) is 1. The first-order valence-corrected chi connectivity index (χ1v) is 3.72. The van der Waals surface area contributed by atoms with E-state index in [2.05, 4.69) is 5.32 Å². The molecule has 11 heavy (non-hydrogen) atoms. The van der Waals surface area contributed by atoms with Crippen molar-refractivity contribution in [3.8, 4) is 0 Å².